The van der Waals surface area contributed by atoms with Crippen LogP contribution in [0.15, 0.2) is 48.5 Å². The van der Waals surface area contributed by atoms with E-state index in [1.165, 1.54) is 50.4 Å². The first-order chi connectivity index (χ1) is 11.7. The maximum Gasteiger partial charge on any atom is 0.416 e. The summed E-state index contributed by atoms with van der Waals surface area (Å²) in [6.45, 7) is 1.24. The first-order valence-electron chi connectivity index (χ1n) is 7.51. The molecule has 0 saturated heterocycles. The molecule has 0 aromatic heterocycles. The molecule has 0 N–H and O–H groups in total. The number of alkyl halides is 3. The molecule has 2 aromatic carbocycles. The number of carbonyl (C=O) groups excluding carboxylic acids is 1. The van der Waals surface area contributed by atoms with Crippen LogP contribution in [0.5, 0.6) is 5.75 Å². The molecule has 0 aliphatic carbocycles. The average molecular weight is 355 g/mol. The summed E-state index contributed by atoms with van der Waals surface area (Å²) in [5.74, 6) is -0.851. The van der Waals surface area contributed by atoms with E-state index in [0.717, 1.165) is 17.0 Å². The van der Waals surface area contributed by atoms with Gasteiger partial charge in [-0.1, -0.05) is 24.3 Å². The van der Waals surface area contributed by atoms with Gasteiger partial charge in [0.2, 0.25) is 0 Å². The monoisotopic (exact) mass is 355 g/mol. The Labute approximate surface area is 142 Å². The molecule has 7 heteroatoms. The van der Waals surface area contributed by atoms with Crippen molar-refractivity contribution in [1.82, 2.24) is 4.90 Å². The number of rotatable bonds is 5. The van der Waals surface area contributed by atoms with Gasteiger partial charge in [0, 0.05) is 19.7 Å². The SMILES string of the molecule is CC(Oc1cccc(F)c1)C(=O)N(C)Cc1ccccc1C(F)(F)F. The second-order valence-corrected chi connectivity index (χ2v) is 5.57. The van der Waals surface area contributed by atoms with Gasteiger partial charge in [0.1, 0.15) is 11.6 Å². The van der Waals surface area contributed by atoms with Crippen LogP contribution in [0, 0.1) is 5.82 Å². The number of ether oxygens (including phenoxy) is 1. The fourth-order valence-corrected chi connectivity index (χ4v) is 2.37. The maximum absolute atomic E-state index is 13.1. The van der Waals surface area contributed by atoms with Crippen molar-refractivity contribution in [2.75, 3.05) is 7.05 Å². The lowest BCUT2D eigenvalue weighted by atomic mass is 10.1. The van der Waals surface area contributed by atoms with Gasteiger partial charge >= 0.3 is 6.18 Å². The highest BCUT2D eigenvalue weighted by atomic mass is 19.4. The Balaban J connectivity index is 2.08. The highest BCUT2D eigenvalue weighted by molar-refractivity contribution is 5.80. The molecular formula is C18H17F4NO2. The molecule has 3 nitrogen and oxygen atoms in total. The molecule has 0 spiro atoms. The van der Waals surface area contributed by atoms with Crippen LogP contribution in [-0.4, -0.2) is 24.0 Å². The summed E-state index contributed by atoms with van der Waals surface area (Å²) in [4.78, 5) is 13.5. The predicted molar refractivity (Wildman–Crippen MR) is 84.4 cm³/mol. The van der Waals surface area contributed by atoms with Crippen LogP contribution in [0.3, 0.4) is 0 Å². The number of halogens is 4. The van der Waals surface area contributed by atoms with Crippen molar-refractivity contribution in [3.05, 3.63) is 65.5 Å². The zero-order valence-corrected chi connectivity index (χ0v) is 13.7. The smallest absolute Gasteiger partial charge is 0.416 e. The number of hydrogen-bond acceptors (Lipinski definition) is 2. The van der Waals surface area contributed by atoms with Crippen molar-refractivity contribution < 1.29 is 27.1 Å². The molecule has 0 saturated carbocycles. The maximum atomic E-state index is 13.1. The summed E-state index contributed by atoms with van der Waals surface area (Å²) < 4.78 is 57.6. The van der Waals surface area contributed by atoms with Gasteiger partial charge in [-0.15, -0.1) is 0 Å². The van der Waals surface area contributed by atoms with Crippen molar-refractivity contribution in [3.63, 3.8) is 0 Å². The van der Waals surface area contributed by atoms with Crippen molar-refractivity contribution in [1.29, 1.82) is 0 Å². The molecule has 1 atom stereocenters. The first kappa shape index (κ1) is 18.8. The van der Waals surface area contributed by atoms with E-state index in [2.05, 4.69) is 0 Å². The van der Waals surface area contributed by atoms with Gasteiger partial charge in [-0.3, -0.25) is 4.79 Å². The molecule has 0 bridgehead atoms. The van der Waals surface area contributed by atoms with Crippen LogP contribution in [0.2, 0.25) is 0 Å². The van der Waals surface area contributed by atoms with Crippen LogP contribution in [0.1, 0.15) is 18.1 Å². The quantitative estimate of drug-likeness (QED) is 0.750. The van der Waals surface area contributed by atoms with Crippen molar-refractivity contribution >= 4 is 5.91 Å². The molecule has 0 aliphatic rings. The molecule has 0 radical (unpaired) electrons. The summed E-state index contributed by atoms with van der Waals surface area (Å²) in [7, 11) is 1.39. The lowest BCUT2D eigenvalue weighted by Crippen LogP contribution is -2.37. The fourth-order valence-electron chi connectivity index (χ4n) is 2.37. The minimum absolute atomic E-state index is 0.0104. The van der Waals surface area contributed by atoms with E-state index in [1.807, 2.05) is 0 Å². The highest BCUT2D eigenvalue weighted by Crippen LogP contribution is 2.32. The van der Waals surface area contributed by atoms with Gasteiger partial charge in [0.25, 0.3) is 5.91 Å². The molecule has 0 heterocycles. The number of nitrogens with zero attached hydrogens (tertiary/aromatic N) is 1. The highest BCUT2D eigenvalue weighted by Gasteiger charge is 2.33. The topological polar surface area (TPSA) is 29.5 Å². The molecule has 2 aromatic rings. The number of amides is 1. The van der Waals surface area contributed by atoms with Crippen LogP contribution in [-0.2, 0) is 17.5 Å². The van der Waals surface area contributed by atoms with E-state index < -0.39 is 29.6 Å². The fraction of sp³-hybridized carbons (Fsp3) is 0.278. The lowest BCUT2D eigenvalue weighted by Gasteiger charge is -2.23. The molecule has 25 heavy (non-hydrogen) atoms. The third-order valence-electron chi connectivity index (χ3n) is 3.56. The molecule has 0 fully saturated rings. The largest absolute Gasteiger partial charge is 0.481 e. The summed E-state index contributed by atoms with van der Waals surface area (Å²) in [5, 5.41) is 0. The standard InChI is InChI=1S/C18H17F4NO2/c1-12(25-15-8-5-7-14(19)10-15)17(24)23(2)11-13-6-3-4-9-16(13)18(20,21)22/h3-10,12H,11H2,1-2H3. The zero-order valence-electron chi connectivity index (χ0n) is 13.7. The molecular weight excluding hydrogens is 338 g/mol. The average Bonchev–Trinajstić information content (AvgIpc) is 2.53. The molecule has 1 unspecified atom stereocenters. The van der Waals surface area contributed by atoms with E-state index in [9.17, 15) is 22.4 Å². The summed E-state index contributed by atoms with van der Waals surface area (Å²) in [6, 6.07) is 10.4. The number of likely N-dealkylation sites (N-methyl/N-ethyl adjacent to an activating group) is 1. The van der Waals surface area contributed by atoms with E-state index in [1.54, 1.807) is 0 Å². The normalized spacial score (nSPS) is 12.6. The zero-order chi connectivity index (χ0) is 18.6. The lowest BCUT2D eigenvalue weighted by molar-refractivity contribution is -0.141. The molecule has 134 valence electrons. The summed E-state index contributed by atoms with van der Waals surface area (Å²) in [5.41, 5.74) is -0.794. The van der Waals surface area contributed by atoms with Crippen molar-refractivity contribution in [3.8, 4) is 5.75 Å². The minimum Gasteiger partial charge on any atom is -0.481 e. The second kappa shape index (κ2) is 7.55. The predicted octanol–water partition coefficient (Wildman–Crippen LogP) is 4.27. The molecule has 1 amide bonds. The summed E-state index contributed by atoms with van der Waals surface area (Å²) in [6.07, 6.45) is -5.46. The van der Waals surface area contributed by atoms with Crippen LogP contribution in [0.4, 0.5) is 17.6 Å². The number of hydrogen-bond donors (Lipinski definition) is 0. The van der Waals surface area contributed by atoms with E-state index >= 15 is 0 Å². The van der Waals surface area contributed by atoms with Crippen LogP contribution >= 0.6 is 0 Å². The van der Waals surface area contributed by atoms with Crippen LogP contribution in [0.25, 0.3) is 0 Å². The summed E-state index contributed by atoms with van der Waals surface area (Å²) >= 11 is 0. The Morgan fingerprint density at radius 2 is 1.84 bits per heavy atom. The number of carbonyl (C=O) groups is 1. The third-order valence-corrected chi connectivity index (χ3v) is 3.56. The second-order valence-electron chi connectivity index (χ2n) is 5.57. The number of benzene rings is 2. The Kier molecular flexibility index (Phi) is 5.66. The van der Waals surface area contributed by atoms with Gasteiger partial charge in [-0.05, 0) is 30.7 Å². The van der Waals surface area contributed by atoms with Crippen molar-refractivity contribution in [2.45, 2.75) is 25.7 Å². The Morgan fingerprint density at radius 1 is 1.16 bits per heavy atom. The Morgan fingerprint density at radius 3 is 2.48 bits per heavy atom. The van der Waals surface area contributed by atoms with E-state index in [0.29, 0.717) is 0 Å². The first-order valence-corrected chi connectivity index (χ1v) is 7.51. The third kappa shape index (κ3) is 4.95. The van der Waals surface area contributed by atoms with Crippen molar-refractivity contribution in [2.24, 2.45) is 0 Å². The van der Waals surface area contributed by atoms with E-state index in [-0.39, 0.29) is 17.9 Å². The van der Waals surface area contributed by atoms with Gasteiger partial charge in [-0.25, -0.2) is 4.39 Å². The molecule has 0 aliphatic heterocycles. The van der Waals surface area contributed by atoms with Gasteiger partial charge < -0.3 is 9.64 Å². The minimum atomic E-state index is -4.50. The van der Waals surface area contributed by atoms with Gasteiger partial charge in [0.05, 0.1) is 5.56 Å². The van der Waals surface area contributed by atoms with Gasteiger partial charge in [0.15, 0.2) is 6.10 Å². The Bertz CT molecular complexity index is 746. The van der Waals surface area contributed by atoms with E-state index in [4.69, 9.17) is 4.74 Å². The molecule has 2 rings (SSSR count). The van der Waals surface area contributed by atoms with Gasteiger partial charge in [-0.2, -0.15) is 13.2 Å². The van der Waals surface area contributed by atoms with Crippen LogP contribution < -0.4 is 4.74 Å². The Hall–Kier alpha value is -2.57.